The van der Waals surface area contributed by atoms with E-state index in [0.717, 1.165) is 0 Å². The number of hydrogen-bond donors (Lipinski definition) is 7. The van der Waals surface area contributed by atoms with Crippen molar-refractivity contribution in [1.82, 2.24) is 0 Å². The summed E-state index contributed by atoms with van der Waals surface area (Å²) in [6.45, 7) is 1.54. The number of carbonyl (C=O) groups is 1. The zero-order valence-corrected chi connectivity index (χ0v) is 18.7. The second-order valence-electron chi connectivity index (χ2n) is 8.14. The largest absolute Gasteiger partial charge is 0.393 e. The van der Waals surface area contributed by atoms with Gasteiger partial charge < -0.3 is 35.7 Å². The van der Waals surface area contributed by atoms with Gasteiger partial charge in [-0.3, -0.25) is 4.79 Å². The molecule has 0 aliphatic heterocycles. The van der Waals surface area contributed by atoms with Crippen LogP contribution in [0.3, 0.4) is 0 Å². The number of aliphatic hydroxyl groups is 7. The summed E-state index contributed by atoms with van der Waals surface area (Å²) in [5.41, 5.74) is 0. The minimum absolute atomic E-state index is 0.0163. The monoisotopic (exact) mass is 456 g/mol. The zero-order valence-electron chi connectivity index (χ0n) is 18.7. The molecule has 0 rings (SSSR count). The Morgan fingerprint density at radius 1 is 0.500 bits per heavy atom. The van der Waals surface area contributed by atoms with Crippen LogP contribution in [-0.2, 0) is 4.79 Å². The Bertz CT molecular complexity index is 585. The van der Waals surface area contributed by atoms with Gasteiger partial charge in [0.1, 0.15) is 6.29 Å². The van der Waals surface area contributed by atoms with Crippen molar-refractivity contribution < 1.29 is 40.5 Å². The van der Waals surface area contributed by atoms with Crippen molar-refractivity contribution in [3.63, 3.8) is 0 Å². The van der Waals surface area contributed by atoms with Crippen LogP contribution in [0, 0.1) is 0 Å². The average Bonchev–Trinajstić information content (AvgIpc) is 2.65. The summed E-state index contributed by atoms with van der Waals surface area (Å²) in [7, 11) is 0. The summed E-state index contributed by atoms with van der Waals surface area (Å²) in [6, 6.07) is 0. The Morgan fingerprint density at radius 3 is 1.25 bits per heavy atom. The van der Waals surface area contributed by atoms with Gasteiger partial charge in [0.05, 0.1) is 42.7 Å². The molecule has 0 heterocycles. The normalized spacial score (nSPS) is 19.5. The van der Waals surface area contributed by atoms with Gasteiger partial charge in [-0.1, -0.05) is 42.5 Å². The number of aldehydes is 1. The highest BCUT2D eigenvalue weighted by molar-refractivity contribution is 5.65. The Hall–Kier alpha value is -1.65. The van der Waals surface area contributed by atoms with E-state index in [9.17, 15) is 40.5 Å². The van der Waals surface area contributed by atoms with Gasteiger partial charge in [0.15, 0.2) is 0 Å². The van der Waals surface area contributed by atoms with E-state index in [1.165, 1.54) is 13.0 Å². The van der Waals surface area contributed by atoms with Crippen molar-refractivity contribution in [1.29, 1.82) is 0 Å². The van der Waals surface area contributed by atoms with E-state index < -0.39 is 42.7 Å². The first-order valence-corrected chi connectivity index (χ1v) is 11.0. The SMILES string of the molecule is CC(O)CC(O)CC(O)CC(O)CC(O)CC(O)CC(O)CC=CC=CC=CC=CC=O. The minimum Gasteiger partial charge on any atom is -0.393 e. The summed E-state index contributed by atoms with van der Waals surface area (Å²) in [5, 5.41) is 68.9. The van der Waals surface area contributed by atoms with Crippen LogP contribution >= 0.6 is 0 Å². The van der Waals surface area contributed by atoms with E-state index in [1.807, 2.05) is 0 Å². The maximum absolute atomic E-state index is 10.1. The van der Waals surface area contributed by atoms with Crippen LogP contribution in [0.5, 0.6) is 0 Å². The van der Waals surface area contributed by atoms with Crippen LogP contribution in [0.25, 0.3) is 0 Å². The fourth-order valence-corrected chi connectivity index (χ4v) is 3.22. The van der Waals surface area contributed by atoms with Crippen LogP contribution in [-0.4, -0.2) is 84.8 Å². The van der Waals surface area contributed by atoms with Crippen molar-refractivity contribution in [2.75, 3.05) is 0 Å². The van der Waals surface area contributed by atoms with Gasteiger partial charge in [-0.15, -0.1) is 0 Å². The topological polar surface area (TPSA) is 159 Å². The van der Waals surface area contributed by atoms with E-state index in [0.29, 0.717) is 12.7 Å². The van der Waals surface area contributed by atoms with Gasteiger partial charge in [0.2, 0.25) is 0 Å². The Kier molecular flexibility index (Phi) is 17.9. The Morgan fingerprint density at radius 2 is 0.844 bits per heavy atom. The third-order valence-corrected chi connectivity index (χ3v) is 4.62. The third kappa shape index (κ3) is 19.1. The lowest BCUT2D eigenvalue weighted by atomic mass is 9.96. The summed E-state index contributed by atoms with van der Waals surface area (Å²) in [4.78, 5) is 10.1. The summed E-state index contributed by atoms with van der Waals surface area (Å²) in [5.74, 6) is 0. The molecule has 0 aliphatic rings. The molecule has 0 aliphatic carbocycles. The molecule has 0 saturated heterocycles. The molecule has 32 heavy (non-hydrogen) atoms. The number of allylic oxidation sites excluding steroid dienone is 7. The molecule has 0 fully saturated rings. The molecule has 8 heteroatoms. The highest BCUT2D eigenvalue weighted by atomic mass is 16.3. The zero-order chi connectivity index (χ0) is 24.4. The van der Waals surface area contributed by atoms with Crippen molar-refractivity contribution in [2.24, 2.45) is 0 Å². The first kappa shape index (κ1) is 30.4. The molecule has 8 nitrogen and oxygen atoms in total. The van der Waals surface area contributed by atoms with Crippen molar-refractivity contribution in [3.05, 3.63) is 48.6 Å². The van der Waals surface area contributed by atoms with E-state index in [1.54, 1.807) is 42.5 Å². The van der Waals surface area contributed by atoms with Crippen LogP contribution < -0.4 is 0 Å². The molecular formula is C24H40O8. The molecule has 0 saturated carbocycles. The van der Waals surface area contributed by atoms with Gasteiger partial charge in [0.25, 0.3) is 0 Å². The van der Waals surface area contributed by atoms with Crippen molar-refractivity contribution in [2.45, 2.75) is 94.6 Å². The van der Waals surface area contributed by atoms with E-state index >= 15 is 0 Å². The lowest BCUT2D eigenvalue weighted by molar-refractivity contribution is -0.104. The highest BCUT2D eigenvalue weighted by Crippen LogP contribution is 2.16. The lowest BCUT2D eigenvalue weighted by Gasteiger charge is -2.22. The molecule has 184 valence electrons. The molecule has 0 radical (unpaired) electrons. The van der Waals surface area contributed by atoms with Crippen LogP contribution in [0.4, 0.5) is 0 Å². The van der Waals surface area contributed by atoms with Crippen LogP contribution in [0.1, 0.15) is 51.9 Å². The second kappa shape index (κ2) is 18.9. The predicted molar refractivity (Wildman–Crippen MR) is 123 cm³/mol. The molecule has 0 amide bonds. The van der Waals surface area contributed by atoms with Gasteiger partial charge in [-0.2, -0.15) is 0 Å². The van der Waals surface area contributed by atoms with Crippen molar-refractivity contribution in [3.8, 4) is 0 Å². The van der Waals surface area contributed by atoms with Crippen LogP contribution in [0.15, 0.2) is 48.6 Å². The maximum atomic E-state index is 10.1. The number of rotatable bonds is 18. The second-order valence-corrected chi connectivity index (χ2v) is 8.14. The van der Waals surface area contributed by atoms with Crippen molar-refractivity contribution >= 4 is 6.29 Å². The molecule has 7 atom stereocenters. The fourth-order valence-electron chi connectivity index (χ4n) is 3.22. The smallest absolute Gasteiger partial charge is 0.142 e. The minimum atomic E-state index is -1.01. The summed E-state index contributed by atoms with van der Waals surface area (Å²) >= 11 is 0. The molecule has 0 spiro atoms. The van der Waals surface area contributed by atoms with Crippen LogP contribution in [0.2, 0.25) is 0 Å². The first-order valence-electron chi connectivity index (χ1n) is 11.0. The Balaban J connectivity index is 4.12. The fraction of sp³-hybridized carbons (Fsp3) is 0.625. The first-order chi connectivity index (χ1) is 15.1. The standard InChI is InChI=1S/C24H40O8/c1-18(26)12-20(28)14-22(30)16-24(32)17-23(31)15-21(29)13-19(27)10-8-6-4-2-3-5-7-9-11-25/h2-9,11,18-24,26-32H,10,12-17H2,1H3. The lowest BCUT2D eigenvalue weighted by Crippen LogP contribution is -2.29. The molecular weight excluding hydrogens is 416 g/mol. The number of hydrogen-bond acceptors (Lipinski definition) is 8. The molecule has 0 aromatic carbocycles. The molecule has 0 aromatic rings. The van der Waals surface area contributed by atoms with Gasteiger partial charge >= 0.3 is 0 Å². The van der Waals surface area contributed by atoms with E-state index in [-0.39, 0.29) is 38.5 Å². The number of carbonyl (C=O) groups excluding carboxylic acids is 1. The maximum Gasteiger partial charge on any atom is 0.142 e. The predicted octanol–water partition coefficient (Wildman–Crippen LogP) is 0.687. The van der Waals surface area contributed by atoms with Gasteiger partial charge in [-0.05, 0) is 57.9 Å². The van der Waals surface area contributed by atoms with Gasteiger partial charge in [-0.25, -0.2) is 0 Å². The molecule has 7 N–H and O–H groups in total. The summed E-state index contributed by atoms with van der Waals surface area (Å²) < 4.78 is 0. The highest BCUT2D eigenvalue weighted by Gasteiger charge is 2.21. The van der Waals surface area contributed by atoms with Gasteiger partial charge in [0, 0.05) is 0 Å². The van der Waals surface area contributed by atoms with E-state index in [4.69, 9.17) is 0 Å². The van der Waals surface area contributed by atoms with E-state index in [2.05, 4.69) is 0 Å². The average molecular weight is 457 g/mol. The molecule has 7 unspecified atom stereocenters. The molecule has 0 bridgehead atoms. The summed E-state index contributed by atoms with van der Waals surface area (Å²) in [6.07, 6.45) is 8.32. The number of aliphatic hydroxyl groups excluding tert-OH is 7. The Labute approximate surface area is 190 Å². The molecule has 0 aromatic heterocycles. The third-order valence-electron chi connectivity index (χ3n) is 4.62. The quantitative estimate of drug-likeness (QED) is 0.0901.